The minimum atomic E-state index is -0.595. The molecule has 3 heteroatoms. The molecule has 2 bridgehead atoms. The SMILES string of the molecule is CC[C@@]12CCC(C)(O)C[C@@]13CCN(CC1CC1)[C@@H]2Cc1ccc(O)cc13. The van der Waals surface area contributed by atoms with Crippen molar-refractivity contribution in [1.29, 1.82) is 0 Å². The van der Waals surface area contributed by atoms with Crippen molar-refractivity contribution in [2.24, 2.45) is 11.3 Å². The Bertz CT molecular complexity index is 725. The van der Waals surface area contributed by atoms with Crippen molar-refractivity contribution in [3.8, 4) is 5.75 Å². The second-order valence-electron chi connectivity index (χ2n) is 10.0. The highest BCUT2D eigenvalue weighted by molar-refractivity contribution is 5.47. The molecule has 0 amide bonds. The van der Waals surface area contributed by atoms with Crippen molar-refractivity contribution >= 4 is 0 Å². The standard InChI is InChI=1S/C23H33NO2/c1-3-22-9-8-21(2,26)15-23(22)10-11-24(14-16-4-5-16)20(22)12-17-6-7-18(25)13-19(17)23/h6-7,13,16,20,25-26H,3-5,8-12,14-15H2,1-2H3/t20-,21?,22+,23-/m1/s1. The van der Waals surface area contributed by atoms with Crippen molar-refractivity contribution < 1.29 is 10.2 Å². The molecule has 3 fully saturated rings. The van der Waals surface area contributed by atoms with Crippen LogP contribution in [0, 0.1) is 11.3 Å². The highest BCUT2D eigenvalue weighted by atomic mass is 16.3. The Morgan fingerprint density at radius 2 is 2.00 bits per heavy atom. The first-order chi connectivity index (χ1) is 12.4. The molecular weight excluding hydrogens is 322 g/mol. The third kappa shape index (κ3) is 2.26. The van der Waals surface area contributed by atoms with Crippen LogP contribution in [0.15, 0.2) is 18.2 Å². The lowest BCUT2D eigenvalue weighted by molar-refractivity contribution is -0.150. The molecule has 1 saturated heterocycles. The normalized spacial score (nSPS) is 42.2. The summed E-state index contributed by atoms with van der Waals surface area (Å²) >= 11 is 0. The monoisotopic (exact) mass is 355 g/mol. The Hall–Kier alpha value is -1.06. The summed E-state index contributed by atoms with van der Waals surface area (Å²) in [7, 11) is 0. The predicted molar refractivity (Wildman–Crippen MR) is 103 cm³/mol. The molecule has 3 aliphatic carbocycles. The van der Waals surface area contributed by atoms with Gasteiger partial charge in [-0.1, -0.05) is 13.0 Å². The number of hydrogen-bond acceptors (Lipinski definition) is 3. The van der Waals surface area contributed by atoms with Crippen molar-refractivity contribution in [3.05, 3.63) is 29.3 Å². The molecule has 3 nitrogen and oxygen atoms in total. The van der Waals surface area contributed by atoms with Gasteiger partial charge in [0.05, 0.1) is 5.60 Å². The number of nitrogens with zero attached hydrogens (tertiary/aromatic N) is 1. The van der Waals surface area contributed by atoms with Gasteiger partial charge in [0.2, 0.25) is 0 Å². The lowest BCUT2D eigenvalue weighted by atomic mass is 9.41. The van der Waals surface area contributed by atoms with E-state index in [1.54, 1.807) is 0 Å². The number of phenolic OH excluding ortho intramolecular Hbond substituents is 1. The molecule has 26 heavy (non-hydrogen) atoms. The van der Waals surface area contributed by atoms with Crippen LogP contribution in [-0.2, 0) is 11.8 Å². The maximum atomic E-state index is 11.1. The summed E-state index contributed by atoms with van der Waals surface area (Å²) in [6, 6.07) is 6.64. The zero-order chi connectivity index (χ0) is 18.2. The van der Waals surface area contributed by atoms with Crippen molar-refractivity contribution in [2.75, 3.05) is 13.1 Å². The lowest BCUT2D eigenvalue weighted by Gasteiger charge is -2.68. The average molecular weight is 356 g/mol. The van der Waals surface area contributed by atoms with Crippen molar-refractivity contribution in [1.82, 2.24) is 4.90 Å². The van der Waals surface area contributed by atoms with E-state index in [1.807, 2.05) is 19.1 Å². The Labute approximate surface area is 157 Å². The first-order valence-corrected chi connectivity index (χ1v) is 10.7. The average Bonchev–Trinajstić information content (AvgIpc) is 3.41. The van der Waals surface area contributed by atoms with Gasteiger partial charge in [0.25, 0.3) is 0 Å². The summed E-state index contributed by atoms with van der Waals surface area (Å²) in [6.07, 6.45) is 9.08. The minimum absolute atomic E-state index is 0.0144. The molecule has 2 saturated carbocycles. The van der Waals surface area contributed by atoms with Gasteiger partial charge in [0, 0.05) is 18.0 Å². The van der Waals surface area contributed by atoms with Crippen LogP contribution in [0.4, 0.5) is 0 Å². The summed E-state index contributed by atoms with van der Waals surface area (Å²) in [5.41, 5.74) is 2.42. The van der Waals surface area contributed by atoms with Gasteiger partial charge >= 0.3 is 0 Å². The molecule has 1 heterocycles. The lowest BCUT2D eigenvalue weighted by Crippen LogP contribution is -2.70. The summed E-state index contributed by atoms with van der Waals surface area (Å²) in [6.45, 7) is 6.82. The van der Waals surface area contributed by atoms with E-state index in [4.69, 9.17) is 0 Å². The zero-order valence-electron chi connectivity index (χ0n) is 16.3. The van der Waals surface area contributed by atoms with Crippen LogP contribution in [0.2, 0.25) is 0 Å². The van der Waals surface area contributed by atoms with Crippen LogP contribution in [-0.4, -0.2) is 39.8 Å². The second-order valence-corrected chi connectivity index (χ2v) is 10.0. The van der Waals surface area contributed by atoms with E-state index in [-0.39, 0.29) is 10.8 Å². The number of fused-ring (bicyclic) bond motifs is 1. The van der Waals surface area contributed by atoms with Crippen molar-refractivity contribution in [3.63, 3.8) is 0 Å². The molecule has 0 aromatic heterocycles. The third-order valence-electron chi connectivity index (χ3n) is 8.49. The first kappa shape index (κ1) is 17.1. The van der Waals surface area contributed by atoms with E-state index in [1.165, 1.54) is 36.9 Å². The van der Waals surface area contributed by atoms with E-state index in [9.17, 15) is 10.2 Å². The predicted octanol–water partition coefficient (Wildman–Crippen LogP) is 4.00. The molecule has 5 rings (SSSR count). The molecule has 1 aromatic carbocycles. The Morgan fingerprint density at radius 3 is 2.73 bits per heavy atom. The van der Waals surface area contributed by atoms with Crippen LogP contribution in [0.3, 0.4) is 0 Å². The first-order valence-electron chi connectivity index (χ1n) is 10.7. The van der Waals surface area contributed by atoms with Crippen LogP contribution >= 0.6 is 0 Å². The second kappa shape index (κ2) is 5.48. The van der Waals surface area contributed by atoms with Gasteiger partial charge in [-0.15, -0.1) is 0 Å². The minimum Gasteiger partial charge on any atom is -0.508 e. The van der Waals surface area contributed by atoms with Gasteiger partial charge in [0.1, 0.15) is 5.75 Å². The Balaban J connectivity index is 1.68. The largest absolute Gasteiger partial charge is 0.508 e. The topological polar surface area (TPSA) is 43.7 Å². The number of aliphatic hydroxyl groups is 1. The summed E-state index contributed by atoms with van der Waals surface area (Å²) < 4.78 is 0. The van der Waals surface area contributed by atoms with E-state index in [0.717, 1.165) is 44.6 Å². The van der Waals surface area contributed by atoms with Crippen molar-refractivity contribution in [2.45, 2.75) is 82.3 Å². The summed E-state index contributed by atoms with van der Waals surface area (Å²) in [5, 5.41) is 21.3. The number of benzene rings is 1. The molecule has 4 atom stereocenters. The molecule has 142 valence electrons. The quantitative estimate of drug-likeness (QED) is 0.861. The van der Waals surface area contributed by atoms with Crippen LogP contribution in [0.1, 0.15) is 69.9 Å². The number of phenols is 1. The van der Waals surface area contributed by atoms with Crippen LogP contribution in [0.5, 0.6) is 5.75 Å². The van der Waals surface area contributed by atoms with E-state index in [2.05, 4.69) is 17.9 Å². The number of rotatable bonds is 3. The molecule has 0 radical (unpaired) electrons. The van der Waals surface area contributed by atoms with E-state index >= 15 is 0 Å². The zero-order valence-corrected chi connectivity index (χ0v) is 16.3. The smallest absolute Gasteiger partial charge is 0.115 e. The highest BCUT2D eigenvalue weighted by Gasteiger charge is 2.65. The van der Waals surface area contributed by atoms with E-state index in [0.29, 0.717) is 11.8 Å². The number of hydrogen-bond donors (Lipinski definition) is 2. The fourth-order valence-electron chi connectivity index (χ4n) is 7.13. The number of piperidine rings is 1. The molecule has 1 unspecified atom stereocenters. The van der Waals surface area contributed by atoms with Gasteiger partial charge < -0.3 is 10.2 Å². The van der Waals surface area contributed by atoms with Gasteiger partial charge in [-0.05, 0) is 99.4 Å². The Morgan fingerprint density at radius 1 is 1.19 bits per heavy atom. The van der Waals surface area contributed by atoms with Gasteiger partial charge in [-0.2, -0.15) is 0 Å². The fourth-order valence-corrected chi connectivity index (χ4v) is 7.13. The molecule has 2 N–H and O–H groups in total. The summed E-state index contributed by atoms with van der Waals surface area (Å²) in [5.74, 6) is 1.30. The third-order valence-corrected chi connectivity index (χ3v) is 8.49. The van der Waals surface area contributed by atoms with Gasteiger partial charge in [-0.3, -0.25) is 4.90 Å². The summed E-state index contributed by atoms with van der Waals surface area (Å²) in [4.78, 5) is 2.81. The molecule has 1 aromatic rings. The Kier molecular flexibility index (Phi) is 3.60. The van der Waals surface area contributed by atoms with Crippen LogP contribution < -0.4 is 0 Å². The van der Waals surface area contributed by atoms with E-state index < -0.39 is 5.60 Å². The fraction of sp³-hybridized carbons (Fsp3) is 0.739. The molecular formula is C23H33NO2. The molecule has 1 aliphatic heterocycles. The van der Waals surface area contributed by atoms with Gasteiger partial charge in [-0.25, -0.2) is 0 Å². The highest BCUT2D eigenvalue weighted by Crippen LogP contribution is 2.66. The van der Waals surface area contributed by atoms with Crippen LogP contribution in [0.25, 0.3) is 0 Å². The number of aromatic hydroxyl groups is 1. The molecule has 4 aliphatic rings. The maximum Gasteiger partial charge on any atom is 0.115 e. The maximum absolute atomic E-state index is 11.1. The molecule has 0 spiro atoms. The van der Waals surface area contributed by atoms with Gasteiger partial charge in [0.15, 0.2) is 0 Å². The number of likely N-dealkylation sites (tertiary alicyclic amines) is 1.